The molecule has 2 amide bonds. The van der Waals surface area contributed by atoms with Crippen LogP contribution in [0.2, 0.25) is 11.4 Å². The van der Waals surface area contributed by atoms with E-state index >= 15 is 0 Å². The Labute approximate surface area is 346 Å². The largest absolute Gasteiger partial charge is 0.508 e. The maximum Gasteiger partial charge on any atom is 0.455 e. The highest BCUT2D eigenvalue weighted by atomic mass is 32.1. The summed E-state index contributed by atoms with van der Waals surface area (Å²) in [7, 11) is -4.09. The van der Waals surface area contributed by atoms with Crippen LogP contribution in [-0.4, -0.2) is 55.0 Å². The molecule has 2 fully saturated rings. The molecule has 4 atom stereocenters. The molecule has 3 heterocycles. The average molecular weight is 808 g/mol. The zero-order valence-corrected chi connectivity index (χ0v) is 35.1. The normalized spacial score (nSPS) is 21.3. The predicted octanol–water partition coefficient (Wildman–Crippen LogP) is 8.35. The minimum atomic E-state index is -2.99. The van der Waals surface area contributed by atoms with Gasteiger partial charge in [0.1, 0.15) is 5.75 Å². The van der Waals surface area contributed by atoms with Crippen LogP contribution in [-0.2, 0) is 25.2 Å². The van der Waals surface area contributed by atoms with Crippen LogP contribution in [0.4, 0.5) is 0 Å². The summed E-state index contributed by atoms with van der Waals surface area (Å²) >= 11 is 1.54. The Morgan fingerprint density at radius 1 is 0.879 bits per heavy atom. The topological polar surface area (TPSA) is 96.3 Å². The van der Waals surface area contributed by atoms with Crippen molar-refractivity contribution in [3.63, 3.8) is 0 Å². The van der Waals surface area contributed by atoms with Crippen molar-refractivity contribution in [2.24, 2.45) is 17.8 Å². The highest BCUT2D eigenvalue weighted by Gasteiger charge is 2.58. The zero-order valence-electron chi connectivity index (χ0n) is 33.3. The molecule has 7 nitrogen and oxygen atoms in total. The first-order valence-corrected chi connectivity index (χ1v) is 23.1. The molecule has 10 heteroatoms. The van der Waals surface area contributed by atoms with E-state index in [2.05, 4.69) is 87.5 Å². The molecule has 1 aliphatic carbocycles. The third-order valence-corrected chi connectivity index (χ3v) is 18.0. The first-order valence-electron chi connectivity index (χ1n) is 20.3. The van der Waals surface area contributed by atoms with Gasteiger partial charge < -0.3 is 19.2 Å². The minimum absolute atomic E-state index is 0.150. The molecule has 0 unspecified atom stereocenters. The fourth-order valence-electron chi connectivity index (χ4n) is 9.69. The van der Waals surface area contributed by atoms with Gasteiger partial charge in [0.15, 0.2) is 0 Å². The number of fused-ring (bicyclic) bond motifs is 3. The molecule has 5 aromatic rings. The van der Waals surface area contributed by atoms with Crippen LogP contribution in [0.3, 0.4) is 0 Å². The molecule has 0 bridgehead atoms. The number of hydrogen-bond acceptors (Lipinski definition) is 7. The molecule has 0 saturated carbocycles. The summed E-state index contributed by atoms with van der Waals surface area (Å²) in [5.41, 5.74) is 4.97. The van der Waals surface area contributed by atoms with Crippen LogP contribution in [0, 0.1) is 17.8 Å². The van der Waals surface area contributed by atoms with Crippen molar-refractivity contribution < 1.29 is 28.8 Å². The molecular weight excluding hydrogens is 757 g/mol. The van der Waals surface area contributed by atoms with Crippen molar-refractivity contribution in [3.05, 3.63) is 160 Å². The zero-order chi connectivity index (χ0) is 40.4. The smallest absolute Gasteiger partial charge is 0.455 e. The lowest BCUT2D eigenvalue weighted by Gasteiger charge is -2.46. The number of hydrogen-bond donors (Lipinski definition) is 2. The van der Waals surface area contributed by atoms with Crippen molar-refractivity contribution in [1.82, 2.24) is 4.90 Å². The fraction of sp³-hybridized carbons (Fsp3) is 0.292. The number of thiophene rings is 1. The van der Waals surface area contributed by atoms with Crippen LogP contribution in [0.1, 0.15) is 56.0 Å². The number of phenols is 1. The lowest BCUT2D eigenvalue weighted by atomic mass is 9.58. The third-order valence-electron chi connectivity index (χ3n) is 12.2. The predicted molar refractivity (Wildman–Crippen MR) is 235 cm³/mol. The SMILES string of the molecule is CC(C)(C)[Si](OCC1=C2[C@@H](CC/C(=C/c3cccc(O)c3)c3ccccc3)OB(O)C[C@@H]2[C@@H]2C(=O)N(Cc3cccs3)C(=O)[C@@H]2C1)(c1ccccc1)c1ccccc1. The Bertz CT molecular complexity index is 2250. The van der Waals surface area contributed by atoms with Gasteiger partial charge in [0, 0.05) is 4.88 Å². The number of carbonyl (C=O) groups excluding carboxylic acids is 2. The Balaban J connectivity index is 1.21. The van der Waals surface area contributed by atoms with Gasteiger partial charge in [-0.25, -0.2) is 0 Å². The molecule has 1 aromatic heterocycles. The van der Waals surface area contributed by atoms with E-state index in [9.17, 15) is 19.7 Å². The van der Waals surface area contributed by atoms with E-state index in [0.717, 1.165) is 43.1 Å². The van der Waals surface area contributed by atoms with Gasteiger partial charge in [-0.2, -0.15) is 0 Å². The number of rotatable bonds is 12. The van der Waals surface area contributed by atoms with Gasteiger partial charge >= 0.3 is 7.12 Å². The van der Waals surface area contributed by atoms with Gasteiger partial charge in [-0.05, 0) is 98.3 Å². The molecule has 0 spiro atoms. The van der Waals surface area contributed by atoms with Gasteiger partial charge in [0.2, 0.25) is 11.8 Å². The first-order chi connectivity index (χ1) is 28.0. The van der Waals surface area contributed by atoms with Crippen molar-refractivity contribution in [2.45, 2.75) is 64.0 Å². The maximum absolute atomic E-state index is 14.5. The molecule has 296 valence electrons. The van der Waals surface area contributed by atoms with Gasteiger partial charge in [-0.3, -0.25) is 14.5 Å². The minimum Gasteiger partial charge on any atom is -0.508 e. The molecular formula is C48H50BNO6SSi. The maximum atomic E-state index is 14.5. The van der Waals surface area contributed by atoms with Gasteiger partial charge in [0.05, 0.1) is 31.1 Å². The van der Waals surface area contributed by atoms with E-state index in [1.807, 2.05) is 60.0 Å². The second-order valence-electron chi connectivity index (χ2n) is 16.8. The Morgan fingerprint density at radius 2 is 1.55 bits per heavy atom. The number of aromatic hydroxyl groups is 1. The molecule has 2 aliphatic heterocycles. The summed E-state index contributed by atoms with van der Waals surface area (Å²) < 4.78 is 14.1. The molecule has 0 radical (unpaired) electrons. The van der Waals surface area contributed by atoms with Crippen molar-refractivity contribution >= 4 is 60.6 Å². The quantitative estimate of drug-likeness (QED) is 0.0570. The molecule has 58 heavy (non-hydrogen) atoms. The molecule has 2 saturated heterocycles. The highest BCUT2D eigenvalue weighted by Crippen LogP contribution is 2.51. The van der Waals surface area contributed by atoms with E-state index in [0.29, 0.717) is 19.3 Å². The second-order valence-corrected chi connectivity index (χ2v) is 22.1. The number of imide groups is 1. The summed E-state index contributed by atoms with van der Waals surface area (Å²) in [5, 5.41) is 25.7. The van der Waals surface area contributed by atoms with E-state index < -0.39 is 33.4 Å². The summed E-state index contributed by atoms with van der Waals surface area (Å²) in [6.45, 7) is 7.29. The van der Waals surface area contributed by atoms with E-state index in [1.54, 1.807) is 12.1 Å². The lowest BCUT2D eigenvalue weighted by Crippen LogP contribution is -2.66. The van der Waals surface area contributed by atoms with Crippen LogP contribution in [0.5, 0.6) is 5.75 Å². The van der Waals surface area contributed by atoms with Crippen molar-refractivity contribution in [1.29, 1.82) is 0 Å². The van der Waals surface area contributed by atoms with E-state index in [1.165, 1.54) is 16.2 Å². The summed E-state index contributed by atoms with van der Waals surface area (Å²) in [5.74, 6) is -1.64. The second kappa shape index (κ2) is 16.8. The molecule has 4 aromatic carbocycles. The van der Waals surface area contributed by atoms with Crippen molar-refractivity contribution in [2.75, 3.05) is 6.61 Å². The third kappa shape index (κ3) is 7.84. The first kappa shape index (κ1) is 40.0. The molecule has 2 N–H and O–H groups in total. The highest BCUT2D eigenvalue weighted by molar-refractivity contribution is 7.09. The molecule has 8 rings (SSSR count). The number of phenolic OH excluding ortho intramolecular Hbond substituents is 1. The van der Waals surface area contributed by atoms with Gasteiger partial charge in [-0.1, -0.05) is 136 Å². The standard InChI is InChI=1S/C48H50BNO6SSi/c1-48(2,3)58(39-20-9-5-10-21-39,40-22-11-6-12-23-40)55-32-36-29-41-45(47(53)50(46(41)52)31-38-19-14-26-57-38)42-30-49(54)56-43(44(36)42)25-24-35(34-16-7-4-8-17-34)27-33-15-13-18-37(51)28-33/h4-23,26-28,41-43,45,51,54H,24-25,29-32H2,1-3H3/b35-27-/t41-,42+,43-,45-/m1/s1. The fourth-order valence-corrected chi connectivity index (χ4v) is 14.9. The number of likely N-dealkylation sites (tertiary alicyclic amines) is 1. The van der Waals surface area contributed by atoms with Crippen LogP contribution in [0.15, 0.2) is 144 Å². The summed E-state index contributed by atoms with van der Waals surface area (Å²) in [4.78, 5) is 31.2. The monoisotopic (exact) mass is 807 g/mol. The van der Waals surface area contributed by atoms with Crippen molar-refractivity contribution in [3.8, 4) is 5.75 Å². The Morgan fingerprint density at radius 3 is 2.17 bits per heavy atom. The Kier molecular flexibility index (Phi) is 11.6. The summed E-state index contributed by atoms with van der Waals surface area (Å²) in [6.07, 6.45) is 3.32. The van der Waals surface area contributed by atoms with E-state index in [4.69, 9.17) is 9.08 Å². The van der Waals surface area contributed by atoms with Crippen LogP contribution in [0.25, 0.3) is 11.6 Å². The summed E-state index contributed by atoms with van der Waals surface area (Å²) in [6, 6.07) is 42.3. The number of allylic oxidation sites excluding steroid dienone is 1. The van der Waals surface area contributed by atoms with Gasteiger partial charge in [0.25, 0.3) is 8.32 Å². The average Bonchev–Trinajstić information content (AvgIpc) is 3.82. The number of amides is 2. The molecule has 3 aliphatic rings. The van der Waals surface area contributed by atoms with E-state index in [-0.39, 0.29) is 48.0 Å². The number of carbonyl (C=O) groups is 2. The van der Waals surface area contributed by atoms with Gasteiger partial charge in [-0.15, -0.1) is 11.3 Å². The number of nitrogens with zero attached hydrogens (tertiary/aromatic N) is 1. The Hall–Kier alpha value is -4.84. The van der Waals surface area contributed by atoms with Crippen LogP contribution >= 0.6 is 11.3 Å². The van der Waals surface area contributed by atoms with Crippen LogP contribution < -0.4 is 10.4 Å². The lowest BCUT2D eigenvalue weighted by molar-refractivity contribution is -0.140. The number of benzene rings is 4.